The summed E-state index contributed by atoms with van der Waals surface area (Å²) in [4.78, 5) is 28.9. The van der Waals surface area contributed by atoms with Gasteiger partial charge in [-0.2, -0.15) is 0 Å². The molecule has 2 aromatic carbocycles. The van der Waals surface area contributed by atoms with Crippen LogP contribution >= 0.6 is 34.5 Å². The third kappa shape index (κ3) is 4.45. The fourth-order valence-corrected chi connectivity index (χ4v) is 5.43. The van der Waals surface area contributed by atoms with Crippen LogP contribution in [0.1, 0.15) is 22.0 Å². The third-order valence-electron chi connectivity index (χ3n) is 5.64. The van der Waals surface area contributed by atoms with Crippen molar-refractivity contribution in [2.45, 2.75) is 12.6 Å². The van der Waals surface area contributed by atoms with Crippen LogP contribution in [0.15, 0.2) is 53.4 Å². The van der Waals surface area contributed by atoms with Gasteiger partial charge in [0, 0.05) is 15.5 Å². The van der Waals surface area contributed by atoms with E-state index in [9.17, 15) is 14.7 Å². The largest absolute Gasteiger partial charge is 0.507 e. The van der Waals surface area contributed by atoms with Crippen LogP contribution in [0.25, 0.3) is 5.76 Å². The summed E-state index contributed by atoms with van der Waals surface area (Å²) < 4.78 is 16.4. The van der Waals surface area contributed by atoms with Crippen LogP contribution in [0, 0.1) is 0 Å². The molecule has 4 rings (SSSR count). The number of aliphatic hydroxyl groups excluding tert-OH is 1. The van der Waals surface area contributed by atoms with E-state index in [2.05, 4.69) is 0 Å². The number of amides is 1. The summed E-state index contributed by atoms with van der Waals surface area (Å²) >= 11 is 13.9. The maximum absolute atomic E-state index is 13.4. The maximum atomic E-state index is 13.4. The van der Waals surface area contributed by atoms with Gasteiger partial charge in [0.2, 0.25) is 0 Å². The van der Waals surface area contributed by atoms with E-state index in [0.717, 1.165) is 4.88 Å². The molecule has 0 saturated carbocycles. The summed E-state index contributed by atoms with van der Waals surface area (Å²) in [5.74, 6) is -1.22. The molecule has 0 bridgehead atoms. The normalized spacial score (nSPS) is 17.1. The summed E-state index contributed by atoms with van der Waals surface area (Å²) in [6.45, 7) is 0.150. The molecule has 1 fully saturated rings. The Morgan fingerprint density at radius 2 is 1.77 bits per heavy atom. The summed E-state index contributed by atoms with van der Waals surface area (Å²) in [6, 6.07) is 10.8. The molecule has 182 valence electrons. The fraction of sp³-hybridized carbons (Fsp3) is 0.200. The van der Waals surface area contributed by atoms with Gasteiger partial charge in [-0.3, -0.25) is 9.59 Å². The molecule has 1 saturated heterocycles. The van der Waals surface area contributed by atoms with Crippen LogP contribution in [0.3, 0.4) is 0 Å². The van der Waals surface area contributed by atoms with Crippen LogP contribution in [-0.4, -0.2) is 43.0 Å². The number of hydrogen-bond acceptors (Lipinski definition) is 7. The zero-order chi connectivity index (χ0) is 25.3. The second-order valence-electron chi connectivity index (χ2n) is 7.56. The highest BCUT2D eigenvalue weighted by Crippen LogP contribution is 2.47. The number of ether oxygens (including phenoxy) is 3. The monoisotopic (exact) mass is 533 g/mol. The molecule has 1 aliphatic rings. The first kappa shape index (κ1) is 24.9. The number of thiophene rings is 1. The highest BCUT2D eigenvalue weighted by molar-refractivity contribution is 7.09. The van der Waals surface area contributed by atoms with E-state index in [1.165, 1.54) is 49.7 Å². The second-order valence-corrected chi connectivity index (χ2v) is 9.43. The van der Waals surface area contributed by atoms with Crippen molar-refractivity contribution in [3.8, 4) is 17.2 Å². The Balaban J connectivity index is 2.01. The quantitative estimate of drug-likeness (QED) is 0.238. The Morgan fingerprint density at radius 1 is 1.03 bits per heavy atom. The highest BCUT2D eigenvalue weighted by Gasteiger charge is 2.47. The lowest BCUT2D eigenvalue weighted by molar-refractivity contribution is -0.140. The first-order chi connectivity index (χ1) is 16.8. The van der Waals surface area contributed by atoms with Gasteiger partial charge in [-0.25, -0.2) is 0 Å². The van der Waals surface area contributed by atoms with Crippen molar-refractivity contribution in [3.05, 3.63) is 79.5 Å². The van der Waals surface area contributed by atoms with Gasteiger partial charge < -0.3 is 24.2 Å². The summed E-state index contributed by atoms with van der Waals surface area (Å²) in [5.41, 5.74) is 0.414. The fourth-order valence-electron chi connectivity index (χ4n) is 4.15. The van der Waals surface area contributed by atoms with Gasteiger partial charge in [-0.1, -0.05) is 41.4 Å². The maximum Gasteiger partial charge on any atom is 0.295 e. The number of Topliss-reactive ketones (excluding diaryl/α,β-unsaturated/α-hetero) is 1. The topological polar surface area (TPSA) is 85.3 Å². The summed E-state index contributed by atoms with van der Waals surface area (Å²) in [7, 11) is 4.33. The average Bonchev–Trinajstić information content (AvgIpc) is 3.45. The van der Waals surface area contributed by atoms with Gasteiger partial charge in [0.05, 0.1) is 50.1 Å². The van der Waals surface area contributed by atoms with E-state index in [4.69, 9.17) is 37.4 Å². The predicted molar refractivity (Wildman–Crippen MR) is 135 cm³/mol. The van der Waals surface area contributed by atoms with Crippen LogP contribution in [0.5, 0.6) is 17.2 Å². The average molecular weight is 534 g/mol. The number of benzene rings is 2. The minimum absolute atomic E-state index is 0.0889. The highest BCUT2D eigenvalue weighted by atomic mass is 35.5. The van der Waals surface area contributed by atoms with Gasteiger partial charge in [-0.05, 0) is 29.6 Å². The Hall–Kier alpha value is -3.20. The first-order valence-electron chi connectivity index (χ1n) is 10.4. The zero-order valence-electron chi connectivity index (χ0n) is 19.0. The molecular formula is C25H21Cl2NO6S. The summed E-state index contributed by atoms with van der Waals surface area (Å²) in [6.07, 6.45) is 0. The number of halogens is 2. The van der Waals surface area contributed by atoms with E-state index in [0.29, 0.717) is 17.1 Å². The minimum Gasteiger partial charge on any atom is -0.507 e. The molecule has 1 unspecified atom stereocenters. The number of carbonyl (C=O) groups is 2. The number of para-hydroxylation sites is 1. The van der Waals surface area contributed by atoms with Gasteiger partial charge in [0.1, 0.15) is 11.5 Å². The van der Waals surface area contributed by atoms with Crippen LogP contribution < -0.4 is 14.2 Å². The number of methoxy groups -OCH3 is 3. The molecule has 0 radical (unpaired) electrons. The molecule has 1 atom stereocenters. The van der Waals surface area contributed by atoms with Crippen LogP contribution in [0.4, 0.5) is 0 Å². The van der Waals surface area contributed by atoms with E-state index in [-0.39, 0.29) is 33.5 Å². The number of nitrogens with zero attached hydrogens (tertiary/aromatic N) is 1. The Kier molecular flexibility index (Phi) is 7.25. The molecule has 1 aromatic heterocycles. The van der Waals surface area contributed by atoms with E-state index >= 15 is 0 Å². The molecule has 2 heterocycles. The van der Waals surface area contributed by atoms with Crippen LogP contribution in [0.2, 0.25) is 10.0 Å². The molecular weight excluding hydrogens is 513 g/mol. The molecule has 3 aromatic rings. The van der Waals surface area contributed by atoms with Gasteiger partial charge in [-0.15, -0.1) is 11.3 Å². The Morgan fingerprint density at radius 3 is 2.40 bits per heavy atom. The Labute approximate surface area is 216 Å². The van der Waals surface area contributed by atoms with Crippen molar-refractivity contribution < 1.29 is 28.9 Å². The van der Waals surface area contributed by atoms with Crippen molar-refractivity contribution >= 4 is 52.0 Å². The van der Waals surface area contributed by atoms with Gasteiger partial charge in [0.15, 0.2) is 11.5 Å². The molecule has 1 aliphatic heterocycles. The van der Waals surface area contributed by atoms with Crippen molar-refractivity contribution in [2.24, 2.45) is 0 Å². The van der Waals surface area contributed by atoms with Gasteiger partial charge >= 0.3 is 0 Å². The lowest BCUT2D eigenvalue weighted by Gasteiger charge is -2.27. The summed E-state index contributed by atoms with van der Waals surface area (Å²) in [5, 5.41) is 13.7. The molecule has 7 nitrogen and oxygen atoms in total. The molecule has 0 aliphatic carbocycles. The molecule has 0 spiro atoms. The minimum atomic E-state index is -0.982. The molecule has 35 heavy (non-hydrogen) atoms. The zero-order valence-corrected chi connectivity index (χ0v) is 21.3. The number of aliphatic hydroxyl groups is 1. The van der Waals surface area contributed by atoms with Crippen LogP contribution in [-0.2, 0) is 16.1 Å². The van der Waals surface area contributed by atoms with E-state index in [1.54, 1.807) is 18.2 Å². The number of hydrogen-bond donors (Lipinski definition) is 1. The van der Waals surface area contributed by atoms with E-state index < -0.39 is 23.5 Å². The number of likely N-dealkylation sites (tertiary alicyclic amines) is 1. The third-order valence-corrected chi connectivity index (χ3v) is 7.00. The number of rotatable bonds is 7. The smallest absolute Gasteiger partial charge is 0.295 e. The lowest BCUT2D eigenvalue weighted by atomic mass is 9.94. The number of carbonyl (C=O) groups excluding carboxylic acids is 2. The SMILES string of the molecule is COc1cccc(C2/C(=C(\O)c3cc(Cl)cc(Cl)c3OC)C(=O)C(=O)N2Cc2cccs2)c1OC. The van der Waals surface area contributed by atoms with Crippen molar-refractivity contribution in [1.29, 1.82) is 0 Å². The standard InChI is InChI=1S/C25H21Cl2NO6S/c1-32-18-8-4-7-15(24(18)34-3)20-19(21(29)16-10-13(26)11-17(27)23(16)33-2)22(30)25(31)28(20)12-14-6-5-9-35-14/h4-11,20,29H,12H2,1-3H3/b21-19+. The van der Waals surface area contributed by atoms with Crippen molar-refractivity contribution in [1.82, 2.24) is 4.90 Å². The molecule has 1 N–H and O–H groups in total. The lowest BCUT2D eigenvalue weighted by Crippen LogP contribution is -2.29. The van der Waals surface area contributed by atoms with Gasteiger partial charge in [0.25, 0.3) is 11.7 Å². The molecule has 10 heteroatoms. The second kappa shape index (κ2) is 10.2. The Bertz CT molecular complexity index is 1320. The predicted octanol–water partition coefficient (Wildman–Crippen LogP) is 5.70. The molecule has 1 amide bonds. The first-order valence-corrected chi connectivity index (χ1v) is 12.0. The number of ketones is 1. The van der Waals surface area contributed by atoms with Crippen molar-refractivity contribution in [3.63, 3.8) is 0 Å². The van der Waals surface area contributed by atoms with Crippen molar-refractivity contribution in [2.75, 3.05) is 21.3 Å². The van der Waals surface area contributed by atoms with E-state index in [1.807, 2.05) is 17.5 Å².